The summed E-state index contributed by atoms with van der Waals surface area (Å²) in [6.45, 7) is 4.88. The van der Waals surface area contributed by atoms with Crippen molar-refractivity contribution in [1.29, 1.82) is 0 Å². The van der Waals surface area contributed by atoms with Crippen molar-refractivity contribution in [3.8, 4) is 0 Å². The first-order valence-electron chi connectivity index (χ1n) is 20.8. The molecule has 5 aromatic rings. The normalized spacial score (nSPS) is 13.6. The molecule has 63 heavy (non-hydrogen) atoms. The summed E-state index contributed by atoms with van der Waals surface area (Å²) >= 11 is 0. The number of primary amides is 1. The van der Waals surface area contributed by atoms with E-state index < -0.39 is 41.0 Å². The van der Waals surface area contributed by atoms with Crippen molar-refractivity contribution in [3.05, 3.63) is 130 Å². The number of aromatic nitrogens is 1. The molecule has 3 heterocycles. The van der Waals surface area contributed by atoms with Crippen molar-refractivity contribution < 1.29 is 42.6 Å². The molecule has 17 nitrogen and oxygen atoms in total. The van der Waals surface area contributed by atoms with E-state index in [1.54, 1.807) is 39.7 Å². The number of nitrogens with zero attached hydrogens (tertiary/aromatic N) is 3. The van der Waals surface area contributed by atoms with Crippen molar-refractivity contribution in [1.82, 2.24) is 25.4 Å². The molecule has 18 heteroatoms. The summed E-state index contributed by atoms with van der Waals surface area (Å²) in [6, 6.07) is 22.1. The highest BCUT2D eigenvalue weighted by molar-refractivity contribution is 5.93. The lowest BCUT2D eigenvalue weighted by Crippen LogP contribution is -2.49. The molecule has 0 saturated carbocycles. The van der Waals surface area contributed by atoms with E-state index in [1.165, 1.54) is 6.20 Å². The zero-order valence-electron chi connectivity index (χ0n) is 35.0. The number of rotatable bonds is 20. The molecule has 3 aromatic carbocycles. The van der Waals surface area contributed by atoms with Gasteiger partial charge in [0, 0.05) is 82.1 Å². The fourth-order valence-electron chi connectivity index (χ4n) is 7.30. The fraction of sp³-hybridized carbons (Fsp3) is 0.356. The van der Waals surface area contributed by atoms with E-state index in [4.69, 9.17) is 19.6 Å². The van der Waals surface area contributed by atoms with E-state index in [0.29, 0.717) is 69.8 Å². The average Bonchev–Trinajstić information content (AvgIpc) is 3.80. The molecule has 334 valence electrons. The Balaban J connectivity index is 0.988. The Kier molecular flexibility index (Phi) is 16.0. The number of nitrogens with one attached hydrogen (secondary N) is 4. The van der Waals surface area contributed by atoms with Crippen LogP contribution in [0.5, 0.6) is 0 Å². The Hall–Kier alpha value is -7.08. The Bertz CT molecular complexity index is 2370. The van der Waals surface area contributed by atoms with Gasteiger partial charge in [-0.15, -0.1) is 0 Å². The largest absolute Gasteiger partial charge is 0.477 e. The molecule has 0 bridgehead atoms. The third-order valence-corrected chi connectivity index (χ3v) is 10.7. The van der Waals surface area contributed by atoms with E-state index in [2.05, 4.69) is 21.3 Å². The predicted molar refractivity (Wildman–Crippen MR) is 234 cm³/mol. The van der Waals surface area contributed by atoms with Gasteiger partial charge in [-0.1, -0.05) is 42.5 Å². The first-order chi connectivity index (χ1) is 30.5. The number of benzene rings is 3. The standard InChI is InChI=1S/C45H53FN8O9/c1-2-52-27-37(42(56)57)41(55)36-23-38(46)40(24-39(36)52)53-17-19-54(20-18-53)45(60)63-29-31-12-14-32(15-13-31)49-25-33(10-6-16-48-43(47)58)50-26-34(22-35-11-7-21-61-35)51-44(59)62-28-30-8-4-3-5-9-30/h3-5,7-9,11-15,21,23-24,27,33-34,49-50H,2,6,10,16-20,22,25-26,28-29H2,1H3,(H,51,59)(H,56,57)(H3,47,48,58)/t33-,34-/m0/s1. The molecular weight excluding hydrogens is 816 g/mol. The second-order valence-corrected chi connectivity index (χ2v) is 15.1. The molecule has 0 aliphatic carbocycles. The smallest absolute Gasteiger partial charge is 0.410 e. The zero-order chi connectivity index (χ0) is 44.7. The molecule has 4 amide bonds. The van der Waals surface area contributed by atoms with Crippen LogP contribution in [0.4, 0.5) is 30.1 Å². The third kappa shape index (κ3) is 13.0. The number of aryl methyl sites for hydroxylation is 1. The van der Waals surface area contributed by atoms with Gasteiger partial charge in [-0.2, -0.15) is 0 Å². The molecule has 0 unspecified atom stereocenters. The van der Waals surface area contributed by atoms with E-state index in [1.807, 2.05) is 60.7 Å². The number of urea groups is 1. The molecule has 2 atom stereocenters. The van der Waals surface area contributed by atoms with Crippen LogP contribution in [0, 0.1) is 5.82 Å². The number of alkyl carbamates (subject to hydrolysis) is 1. The molecule has 2 aromatic heterocycles. The van der Waals surface area contributed by atoms with Gasteiger partial charge in [-0.3, -0.25) is 4.79 Å². The number of ether oxygens (including phenoxy) is 2. The minimum absolute atomic E-state index is 0.00680. The van der Waals surface area contributed by atoms with Gasteiger partial charge in [-0.25, -0.2) is 23.6 Å². The maximum absolute atomic E-state index is 15.4. The van der Waals surface area contributed by atoms with Crippen molar-refractivity contribution in [3.63, 3.8) is 0 Å². The van der Waals surface area contributed by atoms with Gasteiger partial charge in [0.2, 0.25) is 5.43 Å². The average molecular weight is 869 g/mol. The number of amides is 4. The van der Waals surface area contributed by atoms with Gasteiger partial charge in [0.25, 0.3) is 0 Å². The fourth-order valence-corrected chi connectivity index (χ4v) is 7.30. The predicted octanol–water partition coefficient (Wildman–Crippen LogP) is 5.27. The number of pyridine rings is 1. The number of carboxylic acid groups (broad SMARTS) is 1. The topological polar surface area (TPSA) is 223 Å². The Morgan fingerprint density at radius 3 is 2.32 bits per heavy atom. The van der Waals surface area contributed by atoms with Gasteiger partial charge >= 0.3 is 24.2 Å². The second kappa shape index (κ2) is 22.1. The van der Waals surface area contributed by atoms with Crippen LogP contribution in [0.1, 0.15) is 47.0 Å². The van der Waals surface area contributed by atoms with Crippen molar-refractivity contribution in [2.24, 2.45) is 5.73 Å². The zero-order valence-corrected chi connectivity index (χ0v) is 35.0. The number of furan rings is 1. The van der Waals surface area contributed by atoms with Gasteiger partial charge < -0.3 is 60.4 Å². The number of nitrogens with two attached hydrogens (primary N) is 1. The molecule has 0 radical (unpaired) electrons. The number of piperazine rings is 1. The molecule has 1 saturated heterocycles. The number of carbonyl (C=O) groups is 4. The molecule has 7 N–H and O–H groups in total. The van der Waals surface area contributed by atoms with Crippen LogP contribution in [0.25, 0.3) is 10.9 Å². The number of hydrogen-bond acceptors (Lipinski definition) is 11. The molecule has 6 rings (SSSR count). The lowest BCUT2D eigenvalue weighted by atomic mass is 10.1. The Labute approximate surface area is 363 Å². The van der Waals surface area contributed by atoms with Crippen LogP contribution in [0.15, 0.2) is 101 Å². The van der Waals surface area contributed by atoms with E-state index >= 15 is 4.39 Å². The van der Waals surface area contributed by atoms with E-state index in [9.17, 15) is 29.1 Å². The van der Waals surface area contributed by atoms with Crippen molar-refractivity contribution >= 4 is 46.5 Å². The van der Waals surface area contributed by atoms with Gasteiger partial charge in [0.15, 0.2) is 0 Å². The molecule has 1 aliphatic heterocycles. The third-order valence-electron chi connectivity index (χ3n) is 10.7. The van der Waals surface area contributed by atoms with Gasteiger partial charge in [0.05, 0.1) is 23.5 Å². The van der Waals surface area contributed by atoms with Gasteiger partial charge in [-0.05, 0) is 67.3 Å². The number of hydrogen-bond donors (Lipinski definition) is 6. The summed E-state index contributed by atoms with van der Waals surface area (Å²) in [4.78, 5) is 64.8. The summed E-state index contributed by atoms with van der Waals surface area (Å²) in [5.74, 6) is -1.31. The maximum atomic E-state index is 15.4. The van der Waals surface area contributed by atoms with Crippen LogP contribution in [-0.2, 0) is 35.7 Å². The minimum atomic E-state index is -1.37. The van der Waals surface area contributed by atoms with Gasteiger partial charge in [0.1, 0.15) is 30.4 Å². The highest BCUT2D eigenvalue weighted by atomic mass is 19.1. The van der Waals surface area contributed by atoms with Crippen LogP contribution in [0.3, 0.4) is 0 Å². The number of carboxylic acids is 1. The first-order valence-corrected chi connectivity index (χ1v) is 20.8. The number of aromatic carboxylic acids is 1. The summed E-state index contributed by atoms with van der Waals surface area (Å²) in [6.07, 6.45) is 3.56. The van der Waals surface area contributed by atoms with Crippen molar-refractivity contribution in [2.75, 3.05) is 56.0 Å². The Morgan fingerprint density at radius 2 is 1.63 bits per heavy atom. The van der Waals surface area contributed by atoms with Crippen LogP contribution < -0.4 is 37.3 Å². The SMILES string of the molecule is CCn1cc(C(=O)O)c(=O)c2cc(F)c(N3CCN(C(=O)OCc4ccc(NC[C@H](CCCNC(N)=O)NC[C@H](Cc5ccco5)NC(=O)OCc5ccccc5)cc4)CC3)cc21. The highest BCUT2D eigenvalue weighted by Gasteiger charge is 2.26. The van der Waals surface area contributed by atoms with E-state index in [0.717, 1.165) is 22.9 Å². The minimum Gasteiger partial charge on any atom is -0.477 e. The summed E-state index contributed by atoms with van der Waals surface area (Å²) < 4.78 is 33.6. The van der Waals surface area contributed by atoms with Crippen LogP contribution >= 0.6 is 0 Å². The first kappa shape index (κ1) is 45.4. The lowest BCUT2D eigenvalue weighted by molar-refractivity contribution is 0.0694. The second-order valence-electron chi connectivity index (χ2n) is 15.1. The molecular formula is C45H53FN8O9. The number of carbonyl (C=O) groups excluding carboxylic acids is 3. The number of anilines is 2. The maximum Gasteiger partial charge on any atom is 0.410 e. The molecule has 1 fully saturated rings. The highest BCUT2D eigenvalue weighted by Crippen LogP contribution is 2.27. The summed E-state index contributed by atoms with van der Waals surface area (Å²) in [5, 5.41) is 22.0. The molecule has 0 spiro atoms. The number of halogens is 1. The Morgan fingerprint density at radius 1 is 0.905 bits per heavy atom. The van der Waals surface area contributed by atoms with Crippen molar-refractivity contribution in [2.45, 2.75) is 58.0 Å². The van der Waals surface area contributed by atoms with Crippen LogP contribution in [0.2, 0.25) is 0 Å². The van der Waals surface area contributed by atoms with E-state index in [-0.39, 0.29) is 49.5 Å². The molecule has 1 aliphatic rings. The van der Waals surface area contributed by atoms with Crippen LogP contribution in [-0.4, -0.2) is 96.7 Å². The summed E-state index contributed by atoms with van der Waals surface area (Å²) in [5.41, 5.74) is 7.27. The number of fused-ring (bicyclic) bond motifs is 1. The lowest BCUT2D eigenvalue weighted by Gasteiger charge is -2.35. The summed E-state index contributed by atoms with van der Waals surface area (Å²) in [7, 11) is 0. The quantitative estimate of drug-likeness (QED) is 0.0551. The monoisotopic (exact) mass is 868 g/mol.